The zero-order valence-electron chi connectivity index (χ0n) is 15.1. The van der Waals surface area contributed by atoms with Crippen molar-refractivity contribution in [2.75, 3.05) is 17.0 Å². The van der Waals surface area contributed by atoms with E-state index in [1.54, 1.807) is 36.2 Å². The highest BCUT2D eigenvalue weighted by Gasteiger charge is 2.24. The molecule has 26 heavy (non-hydrogen) atoms. The van der Waals surface area contributed by atoms with E-state index in [4.69, 9.17) is 0 Å². The Morgan fingerprint density at radius 2 is 1.73 bits per heavy atom. The highest BCUT2D eigenvalue weighted by molar-refractivity contribution is 6.07. The van der Waals surface area contributed by atoms with E-state index in [2.05, 4.69) is 5.43 Å². The lowest BCUT2D eigenvalue weighted by Crippen LogP contribution is -2.50. The van der Waals surface area contributed by atoms with Gasteiger partial charge in [-0.05, 0) is 55.3 Å². The molecule has 134 valence electrons. The third kappa shape index (κ3) is 3.31. The van der Waals surface area contributed by atoms with Gasteiger partial charge in [0.2, 0.25) is 11.8 Å². The summed E-state index contributed by atoms with van der Waals surface area (Å²) in [6.07, 6.45) is 0.383. The zero-order chi connectivity index (χ0) is 18.8. The standard InChI is InChI=1S/C20H21N3O3/c1-13-5-4-6-17(14(13)2)22(3)20(26)15-7-9-16(10-8-15)23-19(25)12-11-18(24)21-23/h4-10H,11-12H2,1-3H3,(H,21,24). The fourth-order valence-electron chi connectivity index (χ4n) is 2.94. The Bertz CT molecular complexity index is 874. The van der Waals surface area contributed by atoms with Crippen LogP contribution >= 0.6 is 0 Å². The van der Waals surface area contributed by atoms with Crippen LogP contribution in [0.5, 0.6) is 0 Å². The van der Waals surface area contributed by atoms with Crippen molar-refractivity contribution in [2.45, 2.75) is 26.7 Å². The molecule has 0 atom stereocenters. The van der Waals surface area contributed by atoms with E-state index in [0.717, 1.165) is 16.8 Å². The van der Waals surface area contributed by atoms with E-state index >= 15 is 0 Å². The maximum absolute atomic E-state index is 12.8. The van der Waals surface area contributed by atoms with Crippen LogP contribution in [0, 0.1) is 13.8 Å². The van der Waals surface area contributed by atoms with Crippen LogP contribution in [0.2, 0.25) is 0 Å². The molecule has 0 spiro atoms. The van der Waals surface area contributed by atoms with E-state index in [9.17, 15) is 14.4 Å². The summed E-state index contributed by atoms with van der Waals surface area (Å²) in [5, 5.41) is 1.23. The van der Waals surface area contributed by atoms with E-state index in [1.807, 2.05) is 32.0 Å². The number of anilines is 2. The Kier molecular flexibility index (Phi) is 4.75. The molecule has 1 heterocycles. The monoisotopic (exact) mass is 351 g/mol. The molecule has 3 rings (SSSR count). The number of rotatable bonds is 3. The predicted octanol–water partition coefficient (Wildman–Crippen LogP) is 2.74. The number of hydrogen-bond acceptors (Lipinski definition) is 3. The fourth-order valence-corrected chi connectivity index (χ4v) is 2.94. The molecule has 1 saturated heterocycles. The van der Waals surface area contributed by atoms with Crippen molar-refractivity contribution in [3.05, 3.63) is 59.2 Å². The normalized spacial score (nSPS) is 14.2. The average molecular weight is 351 g/mol. The Morgan fingerprint density at radius 3 is 2.42 bits per heavy atom. The Morgan fingerprint density at radius 1 is 1.04 bits per heavy atom. The highest BCUT2D eigenvalue weighted by atomic mass is 16.2. The Hall–Kier alpha value is -3.15. The van der Waals surface area contributed by atoms with Crippen molar-refractivity contribution < 1.29 is 14.4 Å². The first-order valence-electron chi connectivity index (χ1n) is 8.45. The second-order valence-electron chi connectivity index (χ2n) is 6.39. The molecule has 2 aromatic carbocycles. The topological polar surface area (TPSA) is 69.7 Å². The second-order valence-corrected chi connectivity index (χ2v) is 6.39. The Balaban J connectivity index is 1.81. The summed E-state index contributed by atoms with van der Waals surface area (Å²) < 4.78 is 0. The minimum absolute atomic E-state index is 0.140. The summed E-state index contributed by atoms with van der Waals surface area (Å²) in [7, 11) is 1.74. The Labute approximate surface area is 152 Å². The lowest BCUT2D eigenvalue weighted by molar-refractivity contribution is -0.130. The van der Waals surface area contributed by atoms with Crippen LogP contribution in [-0.4, -0.2) is 24.8 Å². The largest absolute Gasteiger partial charge is 0.311 e. The van der Waals surface area contributed by atoms with E-state index < -0.39 is 0 Å². The highest BCUT2D eigenvalue weighted by Crippen LogP contribution is 2.24. The maximum atomic E-state index is 12.8. The third-order valence-corrected chi connectivity index (χ3v) is 4.67. The van der Waals surface area contributed by atoms with Crippen molar-refractivity contribution in [3.63, 3.8) is 0 Å². The van der Waals surface area contributed by atoms with Crippen molar-refractivity contribution in [1.82, 2.24) is 5.43 Å². The van der Waals surface area contributed by atoms with Gasteiger partial charge in [-0.25, -0.2) is 5.01 Å². The number of hydrazine groups is 1. The van der Waals surface area contributed by atoms with Crippen LogP contribution in [0.15, 0.2) is 42.5 Å². The molecule has 0 aliphatic carbocycles. The van der Waals surface area contributed by atoms with Crippen LogP contribution in [0.4, 0.5) is 11.4 Å². The van der Waals surface area contributed by atoms with Crippen LogP contribution in [0.3, 0.4) is 0 Å². The number of amides is 3. The van der Waals surface area contributed by atoms with Gasteiger partial charge in [-0.1, -0.05) is 12.1 Å². The van der Waals surface area contributed by atoms with Crippen molar-refractivity contribution in [2.24, 2.45) is 0 Å². The molecule has 6 nitrogen and oxygen atoms in total. The smallest absolute Gasteiger partial charge is 0.258 e. The van der Waals surface area contributed by atoms with Gasteiger partial charge in [-0.3, -0.25) is 19.8 Å². The van der Waals surface area contributed by atoms with Gasteiger partial charge < -0.3 is 4.90 Å². The molecule has 1 aliphatic heterocycles. The number of aryl methyl sites for hydroxylation is 1. The van der Waals surface area contributed by atoms with Gasteiger partial charge >= 0.3 is 0 Å². The molecule has 3 amide bonds. The number of hydrogen-bond donors (Lipinski definition) is 1. The lowest BCUT2D eigenvalue weighted by Gasteiger charge is -2.27. The first-order chi connectivity index (χ1) is 12.4. The molecule has 1 N–H and O–H groups in total. The summed E-state index contributed by atoms with van der Waals surface area (Å²) >= 11 is 0. The molecule has 6 heteroatoms. The van der Waals surface area contributed by atoms with Gasteiger partial charge in [0.25, 0.3) is 5.91 Å². The van der Waals surface area contributed by atoms with Crippen molar-refractivity contribution in [1.29, 1.82) is 0 Å². The molecular weight excluding hydrogens is 330 g/mol. The lowest BCUT2D eigenvalue weighted by atomic mass is 10.1. The second kappa shape index (κ2) is 7.00. The summed E-state index contributed by atoms with van der Waals surface area (Å²) in [5.41, 5.74) is 6.62. The summed E-state index contributed by atoms with van der Waals surface area (Å²) in [4.78, 5) is 37.9. The first-order valence-corrected chi connectivity index (χ1v) is 8.45. The molecule has 1 aliphatic rings. The van der Waals surface area contributed by atoms with Gasteiger partial charge in [0.05, 0.1) is 5.69 Å². The number of nitrogens with zero attached hydrogens (tertiary/aromatic N) is 2. The van der Waals surface area contributed by atoms with E-state index in [1.165, 1.54) is 5.01 Å². The third-order valence-electron chi connectivity index (χ3n) is 4.67. The number of nitrogens with one attached hydrogen (secondary N) is 1. The molecule has 1 fully saturated rings. The summed E-state index contributed by atoms with van der Waals surface area (Å²) in [5.74, 6) is -0.505. The number of carbonyl (C=O) groups excluding carboxylic acids is 3. The first kappa shape index (κ1) is 17.7. The summed E-state index contributed by atoms with van der Waals surface area (Å²) in [6.45, 7) is 4.00. The van der Waals surface area contributed by atoms with Gasteiger partial charge in [-0.15, -0.1) is 0 Å². The number of benzene rings is 2. The summed E-state index contributed by atoms with van der Waals surface area (Å²) in [6, 6.07) is 12.5. The molecule has 0 aromatic heterocycles. The quantitative estimate of drug-likeness (QED) is 0.924. The van der Waals surface area contributed by atoms with Crippen LogP contribution in [-0.2, 0) is 9.59 Å². The van der Waals surface area contributed by atoms with Gasteiger partial charge in [0.1, 0.15) is 0 Å². The molecule has 0 radical (unpaired) electrons. The molecule has 2 aromatic rings. The van der Waals surface area contributed by atoms with Crippen molar-refractivity contribution in [3.8, 4) is 0 Å². The van der Waals surface area contributed by atoms with Crippen molar-refractivity contribution >= 4 is 29.1 Å². The van der Waals surface area contributed by atoms with Gasteiger partial charge in [0, 0.05) is 31.1 Å². The fraction of sp³-hybridized carbons (Fsp3) is 0.250. The van der Waals surface area contributed by atoms with Crippen LogP contribution < -0.4 is 15.3 Å². The predicted molar refractivity (Wildman–Crippen MR) is 100.0 cm³/mol. The van der Waals surface area contributed by atoms with Crippen LogP contribution in [0.25, 0.3) is 0 Å². The minimum Gasteiger partial charge on any atom is -0.311 e. The average Bonchev–Trinajstić information content (AvgIpc) is 2.65. The SMILES string of the molecule is Cc1cccc(N(C)C(=O)c2ccc(N3NC(=O)CCC3=O)cc2)c1C. The van der Waals surface area contributed by atoms with Gasteiger partial charge in [0.15, 0.2) is 0 Å². The van der Waals surface area contributed by atoms with E-state index in [-0.39, 0.29) is 30.6 Å². The molecule has 0 unspecified atom stereocenters. The molecule has 0 bridgehead atoms. The molecular formula is C20H21N3O3. The maximum Gasteiger partial charge on any atom is 0.258 e. The minimum atomic E-state index is -0.195. The van der Waals surface area contributed by atoms with Gasteiger partial charge in [-0.2, -0.15) is 0 Å². The molecule has 0 saturated carbocycles. The zero-order valence-corrected chi connectivity index (χ0v) is 15.1. The number of carbonyl (C=O) groups is 3. The van der Waals surface area contributed by atoms with Crippen LogP contribution in [0.1, 0.15) is 34.3 Å². The van der Waals surface area contributed by atoms with E-state index in [0.29, 0.717) is 11.3 Å².